The Kier molecular flexibility index (Phi) is 42.8. The molecule has 0 heterocycles. The van der Waals surface area contributed by atoms with Crippen LogP contribution in [0, 0.1) is 0 Å². The molecule has 0 unspecified atom stereocenters. The van der Waals surface area contributed by atoms with E-state index in [1.807, 2.05) is 0 Å². The zero-order valence-corrected chi connectivity index (χ0v) is 7.54. The van der Waals surface area contributed by atoms with Crippen LogP contribution in [-0.4, -0.2) is 30.3 Å². The van der Waals surface area contributed by atoms with Gasteiger partial charge in [0.15, 0.2) is 0 Å². The van der Waals surface area contributed by atoms with Crippen molar-refractivity contribution < 1.29 is 24.0 Å². The van der Waals surface area contributed by atoms with Gasteiger partial charge >= 0.3 is 12.1 Å². The van der Waals surface area contributed by atoms with Crippen molar-refractivity contribution in [1.82, 2.24) is 5.32 Å². The van der Waals surface area contributed by atoms with Crippen LogP contribution in [0.25, 0.3) is 16.2 Å². The summed E-state index contributed by atoms with van der Waals surface area (Å²) in [6, 6.07) is -1.88. The molecule has 0 aliphatic heterocycles. The molecular formula is C5H5N6O5-3. The van der Waals surface area contributed by atoms with Gasteiger partial charge in [0.2, 0.25) is 0 Å². The van der Waals surface area contributed by atoms with E-state index in [2.05, 4.69) is 11.5 Å². The number of primary amides is 2. The predicted molar refractivity (Wildman–Crippen MR) is 49.5 cm³/mol. The molecule has 4 amide bonds. The minimum Gasteiger partial charge on any atom is -0.724 e. The number of isocyanates is 3. The van der Waals surface area contributed by atoms with E-state index >= 15 is 0 Å². The van der Waals surface area contributed by atoms with E-state index in [-0.39, 0.29) is 0 Å². The molecule has 88 valence electrons. The summed E-state index contributed by atoms with van der Waals surface area (Å²) >= 11 is 0. The van der Waals surface area contributed by atoms with Crippen LogP contribution in [0.5, 0.6) is 0 Å². The third-order valence-electron chi connectivity index (χ3n) is 0.246. The standard InChI is InChI=1S/C2H5N3O2.3CNO/c3-1(6)5-2(4)7;3*2-1-3/h(H5,3,4,5,6,7);;;/q;3*-1. The maximum absolute atomic E-state index is 9.62. The van der Waals surface area contributed by atoms with Gasteiger partial charge in [0.25, 0.3) is 0 Å². The minimum atomic E-state index is -0.938. The number of hydrogen-bond acceptors (Lipinski definition) is 5. The summed E-state index contributed by atoms with van der Waals surface area (Å²) in [4.78, 5) is 43.9. The van der Waals surface area contributed by atoms with E-state index in [4.69, 9.17) is 30.6 Å². The molecule has 0 bridgehead atoms. The van der Waals surface area contributed by atoms with Crippen molar-refractivity contribution in [3.8, 4) is 0 Å². The summed E-state index contributed by atoms with van der Waals surface area (Å²) in [6.07, 6.45) is 1.50. The Bertz CT molecular complexity index is 254. The number of rotatable bonds is 0. The van der Waals surface area contributed by atoms with Gasteiger partial charge in [-0.05, 0) is 18.2 Å². The fraction of sp³-hybridized carbons (Fsp3) is 0. The lowest BCUT2D eigenvalue weighted by atomic mass is 10.9. The highest BCUT2D eigenvalue weighted by molar-refractivity contribution is 5.91. The topological polar surface area (TPSA) is 216 Å². The second-order valence-electron chi connectivity index (χ2n) is 1.13. The normalized spacial score (nSPS) is 4.75. The molecule has 0 fully saturated rings. The fourth-order valence-corrected chi connectivity index (χ4v) is 0.121. The predicted octanol–water partition coefficient (Wildman–Crippen LogP) is -1.59. The number of imide groups is 1. The van der Waals surface area contributed by atoms with Crippen LogP contribution in [0.2, 0.25) is 0 Å². The van der Waals surface area contributed by atoms with E-state index in [1.54, 1.807) is 5.32 Å². The average Bonchev–Trinajstić information content (AvgIpc) is 2.04. The molecule has 0 rings (SSSR count). The summed E-state index contributed by atoms with van der Waals surface area (Å²) in [5.41, 5.74) is 8.88. The SMILES string of the molecule is NC(=O)NC(N)=O.[N-]=C=O.[N-]=C=O.[N-]=C=O. The fourth-order valence-electron chi connectivity index (χ4n) is 0.121. The van der Waals surface area contributed by atoms with Crippen molar-refractivity contribution in [3.05, 3.63) is 16.2 Å². The van der Waals surface area contributed by atoms with Gasteiger partial charge in [-0.25, -0.2) is 9.59 Å². The Labute approximate surface area is 88.3 Å². The summed E-state index contributed by atoms with van der Waals surface area (Å²) in [5, 5.41) is 21.9. The van der Waals surface area contributed by atoms with Gasteiger partial charge in [-0.3, -0.25) is 19.7 Å². The quantitative estimate of drug-likeness (QED) is 0.329. The first-order chi connectivity index (χ1) is 7.37. The van der Waals surface area contributed by atoms with Gasteiger partial charge in [0.1, 0.15) is 0 Å². The Morgan fingerprint density at radius 3 is 0.938 bits per heavy atom. The van der Waals surface area contributed by atoms with E-state index in [1.165, 1.54) is 0 Å². The van der Waals surface area contributed by atoms with Crippen LogP contribution >= 0.6 is 0 Å². The summed E-state index contributed by atoms with van der Waals surface area (Å²) in [6.45, 7) is 0. The van der Waals surface area contributed by atoms with Crippen molar-refractivity contribution in [1.29, 1.82) is 0 Å². The maximum atomic E-state index is 9.62. The molecule has 11 nitrogen and oxygen atoms in total. The highest BCUT2D eigenvalue weighted by Crippen LogP contribution is 1.51. The van der Waals surface area contributed by atoms with Crippen molar-refractivity contribution in [3.63, 3.8) is 0 Å². The molecule has 11 heteroatoms. The average molecular weight is 229 g/mol. The Morgan fingerprint density at radius 1 is 0.812 bits per heavy atom. The summed E-state index contributed by atoms with van der Waals surface area (Å²) < 4.78 is 0. The second-order valence-corrected chi connectivity index (χ2v) is 1.13. The van der Waals surface area contributed by atoms with Gasteiger partial charge in [0.05, 0.1) is 0 Å². The second kappa shape index (κ2) is 29.7. The molecular weight excluding hydrogens is 224 g/mol. The van der Waals surface area contributed by atoms with Crippen molar-refractivity contribution >= 4 is 30.3 Å². The number of amides is 4. The van der Waals surface area contributed by atoms with Crippen LogP contribution in [0.15, 0.2) is 0 Å². The van der Waals surface area contributed by atoms with Crippen molar-refractivity contribution in [2.45, 2.75) is 0 Å². The lowest BCUT2D eigenvalue weighted by Gasteiger charge is -1.88. The Morgan fingerprint density at radius 2 is 0.938 bits per heavy atom. The number of carbonyl (C=O) groups excluding carboxylic acids is 5. The van der Waals surface area contributed by atoms with Crippen LogP contribution in [0.4, 0.5) is 9.59 Å². The van der Waals surface area contributed by atoms with Gasteiger partial charge in [-0.2, -0.15) is 0 Å². The number of nitrogens with one attached hydrogen (secondary N) is 1. The Hall–Kier alpha value is -3.12. The van der Waals surface area contributed by atoms with Crippen molar-refractivity contribution in [2.75, 3.05) is 0 Å². The molecule has 16 heavy (non-hydrogen) atoms. The number of nitrogens with zero attached hydrogens (tertiary/aromatic N) is 3. The van der Waals surface area contributed by atoms with E-state index in [0.717, 1.165) is 0 Å². The lowest BCUT2D eigenvalue weighted by molar-refractivity contribution is 0.236. The number of nitrogens with two attached hydrogens (primary N) is 2. The van der Waals surface area contributed by atoms with Crippen molar-refractivity contribution in [2.24, 2.45) is 11.5 Å². The molecule has 0 aromatic carbocycles. The van der Waals surface area contributed by atoms with E-state index in [0.29, 0.717) is 18.2 Å². The number of carbonyl (C=O) groups is 2. The maximum Gasteiger partial charge on any atom is 0.320 e. The smallest absolute Gasteiger partial charge is 0.320 e. The van der Waals surface area contributed by atoms with E-state index in [9.17, 15) is 9.59 Å². The van der Waals surface area contributed by atoms with E-state index < -0.39 is 12.1 Å². The zero-order chi connectivity index (χ0) is 14.0. The highest BCUT2D eigenvalue weighted by Gasteiger charge is 1.92. The first kappa shape index (κ1) is 23.1. The Balaban J connectivity index is -0.0000000677. The first-order valence-electron chi connectivity index (χ1n) is 2.77. The van der Waals surface area contributed by atoms with Crippen LogP contribution in [0.1, 0.15) is 0 Å². The monoisotopic (exact) mass is 229 g/mol. The molecule has 0 saturated carbocycles. The zero-order valence-electron chi connectivity index (χ0n) is 7.54. The third kappa shape index (κ3) is 1370. The number of urea groups is 2. The molecule has 0 spiro atoms. The van der Waals surface area contributed by atoms with Crippen LogP contribution < -0.4 is 16.8 Å². The van der Waals surface area contributed by atoms with Crippen LogP contribution in [-0.2, 0) is 14.4 Å². The molecule has 0 atom stereocenters. The largest absolute Gasteiger partial charge is 0.724 e. The van der Waals surface area contributed by atoms with Gasteiger partial charge in [0, 0.05) is 0 Å². The molecule has 0 radical (unpaired) electrons. The first-order valence-corrected chi connectivity index (χ1v) is 2.77. The molecule has 5 N–H and O–H groups in total. The van der Waals surface area contributed by atoms with Gasteiger partial charge in [-0.15, -0.1) is 0 Å². The molecule has 0 aliphatic rings. The molecule has 0 aromatic rings. The van der Waals surface area contributed by atoms with Gasteiger partial charge < -0.3 is 27.7 Å². The highest BCUT2D eigenvalue weighted by atomic mass is 16.2. The summed E-state index contributed by atoms with van der Waals surface area (Å²) in [5.74, 6) is 0. The molecule has 0 aromatic heterocycles. The van der Waals surface area contributed by atoms with Gasteiger partial charge in [-0.1, -0.05) is 0 Å². The third-order valence-corrected chi connectivity index (χ3v) is 0.246. The summed E-state index contributed by atoms with van der Waals surface area (Å²) in [7, 11) is 0. The lowest BCUT2D eigenvalue weighted by Crippen LogP contribution is -2.38. The number of hydrogen-bond donors (Lipinski definition) is 3. The molecule has 0 aliphatic carbocycles. The van der Waals surface area contributed by atoms with Crippen LogP contribution in [0.3, 0.4) is 0 Å². The molecule has 0 saturated heterocycles. The minimum absolute atomic E-state index is 0.500.